The van der Waals surface area contributed by atoms with Gasteiger partial charge in [-0.3, -0.25) is 0 Å². The summed E-state index contributed by atoms with van der Waals surface area (Å²) in [6, 6.07) is 13.9. The van der Waals surface area contributed by atoms with Crippen molar-refractivity contribution in [2.45, 2.75) is 22.7 Å². The second kappa shape index (κ2) is 5.72. The van der Waals surface area contributed by atoms with Gasteiger partial charge >= 0.3 is 0 Å². The van der Waals surface area contributed by atoms with Crippen molar-refractivity contribution in [2.24, 2.45) is 0 Å². The van der Waals surface area contributed by atoms with Gasteiger partial charge in [-0.2, -0.15) is 0 Å². The molecular formula is C15H13BrClNO2S. The summed E-state index contributed by atoms with van der Waals surface area (Å²) in [7, 11) is -3.59. The summed E-state index contributed by atoms with van der Waals surface area (Å²) < 4.78 is 28.5. The molecule has 0 saturated heterocycles. The van der Waals surface area contributed by atoms with Crippen molar-refractivity contribution in [1.82, 2.24) is 4.72 Å². The molecule has 110 valence electrons. The Morgan fingerprint density at radius 2 is 1.76 bits per heavy atom. The van der Waals surface area contributed by atoms with Gasteiger partial charge in [0.1, 0.15) is 0 Å². The minimum atomic E-state index is -3.59. The topological polar surface area (TPSA) is 46.2 Å². The van der Waals surface area contributed by atoms with E-state index in [4.69, 9.17) is 11.6 Å². The van der Waals surface area contributed by atoms with Gasteiger partial charge in [0.2, 0.25) is 10.0 Å². The highest BCUT2D eigenvalue weighted by Gasteiger charge is 2.34. The second-order valence-corrected chi connectivity index (χ2v) is 8.16. The van der Waals surface area contributed by atoms with Crippen LogP contribution in [-0.4, -0.2) is 13.8 Å². The predicted molar refractivity (Wildman–Crippen MR) is 87.0 cm³/mol. The Labute approximate surface area is 137 Å². The molecule has 2 aromatic rings. The van der Waals surface area contributed by atoms with Crippen LogP contribution in [0.25, 0.3) is 0 Å². The van der Waals surface area contributed by atoms with E-state index in [9.17, 15) is 8.42 Å². The number of rotatable bonds is 3. The summed E-state index contributed by atoms with van der Waals surface area (Å²) in [5.41, 5.74) is 2.05. The summed E-state index contributed by atoms with van der Waals surface area (Å²) in [6.07, 6.45) is 0.672. The van der Waals surface area contributed by atoms with E-state index in [1.54, 1.807) is 24.3 Å². The normalized spacial score (nSPS) is 21.2. The van der Waals surface area contributed by atoms with Gasteiger partial charge in [0, 0.05) is 4.47 Å². The summed E-state index contributed by atoms with van der Waals surface area (Å²) in [4.78, 5) is 0.235. The van der Waals surface area contributed by atoms with Gasteiger partial charge in [0.15, 0.2) is 0 Å². The van der Waals surface area contributed by atoms with Crippen LogP contribution in [-0.2, 0) is 16.4 Å². The summed E-state index contributed by atoms with van der Waals surface area (Å²) >= 11 is 9.62. The molecular weight excluding hydrogens is 374 g/mol. The third kappa shape index (κ3) is 3.01. The third-order valence-electron chi connectivity index (χ3n) is 3.57. The van der Waals surface area contributed by atoms with Crippen LogP contribution < -0.4 is 4.72 Å². The zero-order valence-corrected chi connectivity index (χ0v) is 14.1. The molecule has 0 aromatic heterocycles. The fourth-order valence-corrected chi connectivity index (χ4v) is 4.49. The molecule has 1 aliphatic rings. The minimum absolute atomic E-state index is 0.235. The van der Waals surface area contributed by atoms with Crippen LogP contribution in [0.1, 0.15) is 17.2 Å². The maximum Gasteiger partial charge on any atom is 0.241 e. The fraction of sp³-hybridized carbons (Fsp3) is 0.200. The van der Waals surface area contributed by atoms with Gasteiger partial charge in [0.25, 0.3) is 0 Å². The number of halogens is 2. The Hall–Kier alpha value is -0.880. The molecule has 0 saturated carbocycles. The van der Waals surface area contributed by atoms with E-state index in [1.165, 1.54) is 0 Å². The third-order valence-corrected chi connectivity index (χ3v) is 5.96. The molecule has 0 aliphatic heterocycles. The molecule has 0 radical (unpaired) electrons. The predicted octanol–water partition coefficient (Wildman–Crippen LogP) is 3.63. The zero-order valence-electron chi connectivity index (χ0n) is 11.0. The molecule has 0 spiro atoms. The number of nitrogens with one attached hydrogen (secondary N) is 1. The van der Waals surface area contributed by atoms with Gasteiger partial charge in [0.05, 0.1) is 16.3 Å². The first-order chi connectivity index (χ1) is 9.97. The van der Waals surface area contributed by atoms with Crippen molar-refractivity contribution in [3.05, 3.63) is 64.1 Å². The maximum atomic E-state index is 12.5. The summed E-state index contributed by atoms with van der Waals surface area (Å²) in [5.74, 6) is 0. The molecule has 0 amide bonds. The Kier molecular flexibility index (Phi) is 4.10. The van der Waals surface area contributed by atoms with Crippen molar-refractivity contribution in [2.75, 3.05) is 0 Å². The molecule has 2 aromatic carbocycles. The number of alkyl halides is 1. The van der Waals surface area contributed by atoms with Crippen molar-refractivity contribution in [3.63, 3.8) is 0 Å². The minimum Gasteiger partial charge on any atom is -0.207 e. The van der Waals surface area contributed by atoms with Crippen molar-refractivity contribution in [1.29, 1.82) is 0 Å². The van der Waals surface area contributed by atoms with Crippen molar-refractivity contribution >= 4 is 37.6 Å². The van der Waals surface area contributed by atoms with Gasteiger partial charge in [-0.1, -0.05) is 40.2 Å². The lowest BCUT2D eigenvalue weighted by molar-refractivity contribution is 0.556. The molecule has 3 nitrogen and oxygen atoms in total. The standard InChI is InChI=1S/C15H13BrClNO2S/c16-11-5-7-12(8-6-11)21(19,20)18-15-13-4-2-1-3-10(13)9-14(15)17/h1-8,14-15,18H,9H2. The Morgan fingerprint density at radius 3 is 2.48 bits per heavy atom. The van der Waals surface area contributed by atoms with Crippen molar-refractivity contribution < 1.29 is 8.42 Å². The van der Waals surface area contributed by atoms with Crippen LogP contribution in [0.4, 0.5) is 0 Å². The molecule has 6 heteroatoms. The van der Waals surface area contributed by atoms with Gasteiger partial charge in [-0.15, -0.1) is 11.6 Å². The molecule has 0 heterocycles. The van der Waals surface area contributed by atoms with Crippen LogP contribution >= 0.6 is 27.5 Å². The van der Waals surface area contributed by atoms with E-state index in [2.05, 4.69) is 20.7 Å². The average molecular weight is 387 g/mol. The highest BCUT2D eigenvalue weighted by atomic mass is 79.9. The Bertz CT molecular complexity index is 761. The lowest BCUT2D eigenvalue weighted by atomic mass is 10.1. The van der Waals surface area contributed by atoms with Crippen LogP contribution in [0.15, 0.2) is 57.9 Å². The van der Waals surface area contributed by atoms with E-state index in [1.807, 2.05) is 24.3 Å². The van der Waals surface area contributed by atoms with Crippen molar-refractivity contribution in [3.8, 4) is 0 Å². The molecule has 0 fully saturated rings. The van der Waals surface area contributed by atoms with E-state index in [0.717, 1.165) is 15.6 Å². The van der Waals surface area contributed by atoms with Gasteiger partial charge in [-0.05, 0) is 41.8 Å². The van der Waals surface area contributed by atoms with E-state index >= 15 is 0 Å². The number of sulfonamides is 1. The maximum absolute atomic E-state index is 12.5. The number of hydrogen-bond acceptors (Lipinski definition) is 2. The first kappa shape index (κ1) is 15.0. The molecule has 2 atom stereocenters. The highest BCUT2D eigenvalue weighted by Crippen LogP contribution is 2.35. The first-order valence-corrected chi connectivity index (χ1v) is 9.18. The van der Waals surface area contributed by atoms with E-state index in [0.29, 0.717) is 6.42 Å². The quantitative estimate of drug-likeness (QED) is 0.819. The number of hydrogen-bond donors (Lipinski definition) is 1. The van der Waals surface area contributed by atoms with Crippen LogP contribution in [0.5, 0.6) is 0 Å². The molecule has 1 N–H and O–H groups in total. The highest BCUT2D eigenvalue weighted by molar-refractivity contribution is 9.10. The molecule has 2 unspecified atom stereocenters. The Balaban J connectivity index is 1.91. The van der Waals surface area contributed by atoms with Crippen LogP contribution in [0.3, 0.4) is 0 Å². The van der Waals surface area contributed by atoms with Gasteiger partial charge < -0.3 is 0 Å². The van der Waals surface area contributed by atoms with E-state index in [-0.39, 0.29) is 10.3 Å². The molecule has 3 rings (SSSR count). The second-order valence-electron chi connectivity index (χ2n) is 4.97. The first-order valence-electron chi connectivity index (χ1n) is 6.47. The summed E-state index contributed by atoms with van der Waals surface area (Å²) in [5, 5.41) is -0.271. The number of benzene rings is 2. The lowest BCUT2D eigenvalue weighted by Crippen LogP contribution is -2.31. The average Bonchev–Trinajstić information content (AvgIpc) is 2.75. The molecule has 0 bridgehead atoms. The van der Waals surface area contributed by atoms with Crippen LogP contribution in [0.2, 0.25) is 0 Å². The zero-order chi connectivity index (χ0) is 15.0. The molecule has 1 aliphatic carbocycles. The lowest BCUT2D eigenvalue weighted by Gasteiger charge is -2.17. The summed E-state index contributed by atoms with van der Waals surface area (Å²) in [6.45, 7) is 0. The SMILES string of the molecule is O=S(=O)(NC1c2ccccc2CC1Cl)c1ccc(Br)cc1. The molecule has 21 heavy (non-hydrogen) atoms. The van der Waals surface area contributed by atoms with Crippen LogP contribution in [0, 0.1) is 0 Å². The monoisotopic (exact) mass is 385 g/mol. The van der Waals surface area contributed by atoms with E-state index < -0.39 is 16.1 Å². The fourth-order valence-electron chi connectivity index (χ4n) is 2.53. The Morgan fingerprint density at radius 1 is 1.10 bits per heavy atom. The largest absolute Gasteiger partial charge is 0.241 e. The van der Waals surface area contributed by atoms with Gasteiger partial charge in [-0.25, -0.2) is 13.1 Å². The number of fused-ring (bicyclic) bond motifs is 1. The smallest absolute Gasteiger partial charge is 0.207 e.